The van der Waals surface area contributed by atoms with Gasteiger partial charge in [0.05, 0.1) is 22.9 Å². The summed E-state index contributed by atoms with van der Waals surface area (Å²) in [5.41, 5.74) is 2.93. The van der Waals surface area contributed by atoms with E-state index < -0.39 is 5.97 Å². The molecule has 0 radical (unpaired) electrons. The number of aromatic carboxylic acids is 1. The fourth-order valence-corrected chi connectivity index (χ4v) is 4.49. The SMILES string of the molecule is Cc1nc(C2CCOC2)sc1C(=O)N1Cc2ccc(C(=O)O)cc2C1. The van der Waals surface area contributed by atoms with Gasteiger partial charge in [-0.05, 0) is 36.6 Å². The first-order chi connectivity index (χ1) is 12.0. The van der Waals surface area contributed by atoms with Crippen LogP contribution in [0, 0.1) is 6.92 Å². The number of carbonyl (C=O) groups is 2. The highest BCUT2D eigenvalue weighted by atomic mass is 32.1. The highest BCUT2D eigenvalue weighted by Gasteiger charge is 2.29. The maximum Gasteiger partial charge on any atom is 0.335 e. The number of hydrogen-bond acceptors (Lipinski definition) is 5. The minimum absolute atomic E-state index is 0.0340. The Morgan fingerprint density at radius 3 is 2.84 bits per heavy atom. The van der Waals surface area contributed by atoms with Crippen molar-refractivity contribution in [2.45, 2.75) is 32.4 Å². The van der Waals surface area contributed by atoms with Crippen molar-refractivity contribution in [2.24, 2.45) is 0 Å². The third-order valence-electron chi connectivity index (χ3n) is 4.75. The van der Waals surface area contributed by atoms with Gasteiger partial charge in [0.1, 0.15) is 4.88 Å². The minimum atomic E-state index is -0.950. The topological polar surface area (TPSA) is 79.7 Å². The maximum atomic E-state index is 12.9. The number of carbonyl (C=O) groups excluding carboxylic acids is 1. The van der Waals surface area contributed by atoms with E-state index in [0.29, 0.717) is 30.5 Å². The van der Waals surface area contributed by atoms with Gasteiger partial charge in [0.2, 0.25) is 0 Å². The lowest BCUT2D eigenvalue weighted by Crippen LogP contribution is -2.25. The van der Waals surface area contributed by atoms with Crippen LogP contribution in [0.3, 0.4) is 0 Å². The Morgan fingerprint density at radius 1 is 1.32 bits per heavy atom. The molecule has 1 aromatic heterocycles. The van der Waals surface area contributed by atoms with Gasteiger partial charge in [-0.15, -0.1) is 11.3 Å². The summed E-state index contributed by atoms with van der Waals surface area (Å²) in [5.74, 6) is -0.693. The number of amides is 1. The number of thiazole rings is 1. The number of benzene rings is 1. The number of hydrogen-bond donors (Lipinski definition) is 1. The summed E-state index contributed by atoms with van der Waals surface area (Å²) >= 11 is 1.46. The molecule has 4 rings (SSSR count). The molecule has 7 heteroatoms. The van der Waals surface area contributed by atoms with Crippen LogP contribution in [-0.2, 0) is 17.8 Å². The molecule has 1 aromatic carbocycles. The number of nitrogens with zero attached hydrogens (tertiary/aromatic N) is 2. The van der Waals surface area contributed by atoms with Crippen LogP contribution in [-0.4, -0.2) is 40.1 Å². The predicted molar refractivity (Wildman–Crippen MR) is 92.0 cm³/mol. The van der Waals surface area contributed by atoms with Gasteiger partial charge in [0, 0.05) is 25.6 Å². The first kappa shape index (κ1) is 16.2. The third kappa shape index (κ3) is 2.94. The summed E-state index contributed by atoms with van der Waals surface area (Å²) in [6, 6.07) is 5.05. The number of fused-ring (bicyclic) bond motifs is 1. The lowest BCUT2D eigenvalue weighted by atomic mass is 10.1. The second-order valence-electron chi connectivity index (χ2n) is 6.48. The fourth-order valence-electron chi connectivity index (χ4n) is 3.33. The van der Waals surface area contributed by atoms with E-state index in [0.717, 1.165) is 34.9 Å². The van der Waals surface area contributed by atoms with Gasteiger partial charge in [-0.2, -0.15) is 0 Å². The van der Waals surface area contributed by atoms with E-state index in [2.05, 4.69) is 4.98 Å². The van der Waals surface area contributed by atoms with Crippen molar-refractivity contribution in [3.63, 3.8) is 0 Å². The number of rotatable bonds is 3. The molecule has 6 nitrogen and oxygen atoms in total. The number of carboxylic acids is 1. The van der Waals surface area contributed by atoms with Crippen LogP contribution in [0.1, 0.15) is 54.2 Å². The molecule has 1 N–H and O–H groups in total. The van der Waals surface area contributed by atoms with Crippen LogP contribution in [0.4, 0.5) is 0 Å². The Labute approximate surface area is 149 Å². The first-order valence-electron chi connectivity index (χ1n) is 8.22. The molecule has 0 saturated carbocycles. The van der Waals surface area contributed by atoms with Gasteiger partial charge in [0.25, 0.3) is 5.91 Å². The summed E-state index contributed by atoms with van der Waals surface area (Å²) in [5, 5.41) is 10.1. The molecule has 3 heterocycles. The van der Waals surface area contributed by atoms with Gasteiger partial charge in [0.15, 0.2) is 0 Å². The summed E-state index contributed by atoms with van der Waals surface area (Å²) in [6.45, 7) is 4.24. The van der Waals surface area contributed by atoms with Crippen molar-refractivity contribution in [1.82, 2.24) is 9.88 Å². The zero-order valence-electron chi connectivity index (χ0n) is 13.8. The monoisotopic (exact) mass is 358 g/mol. The van der Waals surface area contributed by atoms with Gasteiger partial charge < -0.3 is 14.7 Å². The Balaban J connectivity index is 1.55. The molecule has 1 saturated heterocycles. The third-order valence-corrected chi connectivity index (χ3v) is 6.06. The van der Waals surface area contributed by atoms with E-state index in [1.807, 2.05) is 6.92 Å². The zero-order valence-corrected chi connectivity index (χ0v) is 14.6. The highest BCUT2D eigenvalue weighted by molar-refractivity contribution is 7.13. The van der Waals surface area contributed by atoms with Gasteiger partial charge in [-0.25, -0.2) is 9.78 Å². The Kier molecular flexibility index (Phi) is 4.05. The largest absolute Gasteiger partial charge is 0.478 e. The van der Waals surface area contributed by atoms with Crippen LogP contribution in [0.2, 0.25) is 0 Å². The Hall–Kier alpha value is -2.25. The lowest BCUT2D eigenvalue weighted by molar-refractivity contribution is 0.0696. The van der Waals surface area contributed by atoms with Crippen molar-refractivity contribution in [3.8, 4) is 0 Å². The van der Waals surface area contributed by atoms with Crippen LogP contribution in [0.15, 0.2) is 18.2 Å². The van der Waals surface area contributed by atoms with E-state index in [-0.39, 0.29) is 11.5 Å². The van der Waals surface area contributed by atoms with E-state index in [4.69, 9.17) is 9.84 Å². The Bertz CT molecular complexity index is 855. The first-order valence-corrected chi connectivity index (χ1v) is 9.04. The normalized spacial score (nSPS) is 19.2. The molecule has 0 spiro atoms. The van der Waals surface area contributed by atoms with Gasteiger partial charge >= 0.3 is 5.97 Å². The lowest BCUT2D eigenvalue weighted by Gasteiger charge is -2.14. The van der Waals surface area contributed by atoms with E-state index in [9.17, 15) is 9.59 Å². The summed E-state index contributed by atoms with van der Waals surface area (Å²) in [4.78, 5) is 31.1. The van der Waals surface area contributed by atoms with Crippen molar-refractivity contribution in [1.29, 1.82) is 0 Å². The molecule has 1 fully saturated rings. The molecule has 1 atom stereocenters. The number of carboxylic acid groups (broad SMARTS) is 1. The minimum Gasteiger partial charge on any atom is -0.478 e. The molecular weight excluding hydrogens is 340 g/mol. The molecule has 0 bridgehead atoms. The molecular formula is C18H18N2O4S. The number of ether oxygens (including phenoxy) is 1. The molecule has 2 aliphatic heterocycles. The van der Waals surface area contributed by atoms with Crippen LogP contribution < -0.4 is 0 Å². The van der Waals surface area contributed by atoms with Crippen LogP contribution in [0.5, 0.6) is 0 Å². The summed E-state index contributed by atoms with van der Waals surface area (Å²) < 4.78 is 5.42. The molecule has 25 heavy (non-hydrogen) atoms. The van der Waals surface area contributed by atoms with Crippen LogP contribution >= 0.6 is 11.3 Å². The molecule has 0 aliphatic carbocycles. The zero-order chi connectivity index (χ0) is 17.6. The quantitative estimate of drug-likeness (QED) is 0.913. The average molecular weight is 358 g/mol. The van der Waals surface area contributed by atoms with E-state index >= 15 is 0 Å². The van der Waals surface area contributed by atoms with Crippen molar-refractivity contribution in [3.05, 3.63) is 50.5 Å². The maximum absolute atomic E-state index is 12.9. The second kappa shape index (κ2) is 6.24. The molecule has 2 aliphatic rings. The van der Waals surface area contributed by atoms with Crippen molar-refractivity contribution < 1.29 is 19.4 Å². The fraction of sp³-hybridized carbons (Fsp3) is 0.389. The molecule has 1 amide bonds. The standard InChI is InChI=1S/C18H18N2O4S/c1-10-15(25-16(19-10)13-4-5-24-9-13)17(21)20-7-12-3-2-11(18(22)23)6-14(12)8-20/h2-3,6,13H,4-5,7-9H2,1H3,(H,22,23). The second-order valence-corrected chi connectivity index (χ2v) is 7.51. The van der Waals surface area contributed by atoms with E-state index in [1.165, 1.54) is 11.3 Å². The van der Waals surface area contributed by atoms with Crippen LogP contribution in [0.25, 0.3) is 0 Å². The predicted octanol–water partition coefficient (Wildman–Crippen LogP) is 2.81. The van der Waals surface area contributed by atoms with Gasteiger partial charge in [-0.1, -0.05) is 6.07 Å². The molecule has 1 unspecified atom stereocenters. The smallest absolute Gasteiger partial charge is 0.335 e. The number of aryl methyl sites for hydroxylation is 1. The summed E-state index contributed by atoms with van der Waals surface area (Å²) in [6.07, 6.45) is 0.952. The molecule has 2 aromatic rings. The highest BCUT2D eigenvalue weighted by Crippen LogP contribution is 2.33. The average Bonchev–Trinajstić information content (AvgIpc) is 3.32. The van der Waals surface area contributed by atoms with Crippen molar-refractivity contribution >= 4 is 23.2 Å². The van der Waals surface area contributed by atoms with E-state index in [1.54, 1.807) is 23.1 Å². The molecule has 130 valence electrons. The van der Waals surface area contributed by atoms with Gasteiger partial charge in [-0.3, -0.25) is 4.79 Å². The van der Waals surface area contributed by atoms with Crippen molar-refractivity contribution in [2.75, 3.05) is 13.2 Å². The Morgan fingerprint density at radius 2 is 2.12 bits per heavy atom. The summed E-state index contributed by atoms with van der Waals surface area (Å²) in [7, 11) is 0. The number of aromatic nitrogens is 1.